The summed E-state index contributed by atoms with van der Waals surface area (Å²) in [6, 6.07) is 1.71. The van der Waals surface area contributed by atoms with Crippen LogP contribution in [0.3, 0.4) is 0 Å². The lowest BCUT2D eigenvalue weighted by molar-refractivity contribution is -0.0567. The van der Waals surface area contributed by atoms with Gasteiger partial charge in [-0.2, -0.15) is 4.98 Å². The summed E-state index contributed by atoms with van der Waals surface area (Å²) in [5, 5.41) is 23.3. The second-order valence-electron chi connectivity index (χ2n) is 10.4. The molecule has 42 heavy (non-hydrogen) atoms. The Morgan fingerprint density at radius 1 is 1.07 bits per heavy atom. The van der Waals surface area contributed by atoms with Crippen LogP contribution in [-0.4, -0.2) is 86.3 Å². The standard InChI is InChI=1S/C23H26ClN8O9P/c24-17-10-4-5-31(18(10)27-7-26-17)21-14(33)9-2-1-3-11-15(34)16(41-42(36,37)38-6-12(9)40-21)22(39-11)32-8-28-13-19(32)29-23(25)30-20(13)35/h4-5,7-9,11-12,14-16,21-22,33-34H,1-3,6H2,(H,36,37)(H3,25,29,30,35)/t9-,11-,12-,14-,15-,16-,21-,22-/m1/s1. The minimum atomic E-state index is -4.83. The third-order valence-electron chi connectivity index (χ3n) is 7.98. The third-order valence-corrected chi connectivity index (χ3v) is 9.26. The summed E-state index contributed by atoms with van der Waals surface area (Å²) in [6.45, 7) is -0.389. The van der Waals surface area contributed by atoms with Gasteiger partial charge < -0.3 is 34.9 Å². The number of fused-ring (bicyclic) bond motifs is 5. The first kappa shape index (κ1) is 27.8. The van der Waals surface area contributed by atoms with Crippen molar-refractivity contribution in [3.8, 4) is 0 Å². The van der Waals surface area contributed by atoms with Gasteiger partial charge >= 0.3 is 7.82 Å². The molecule has 0 saturated carbocycles. The third kappa shape index (κ3) is 4.61. The number of hydrogen-bond donors (Lipinski definition) is 5. The number of anilines is 1. The van der Waals surface area contributed by atoms with E-state index in [-0.39, 0.29) is 28.9 Å². The Morgan fingerprint density at radius 2 is 1.88 bits per heavy atom. The van der Waals surface area contributed by atoms with Crippen LogP contribution >= 0.6 is 19.4 Å². The molecule has 224 valence electrons. The average molecular weight is 625 g/mol. The van der Waals surface area contributed by atoms with E-state index in [0.717, 1.165) is 0 Å². The molecule has 0 aromatic carbocycles. The molecule has 9 atom stereocenters. The van der Waals surface area contributed by atoms with Crippen LogP contribution in [-0.2, 0) is 23.1 Å². The van der Waals surface area contributed by atoms with Gasteiger partial charge in [-0.15, -0.1) is 0 Å². The molecule has 3 aliphatic heterocycles. The number of aliphatic hydroxyl groups excluding tert-OH is 2. The van der Waals surface area contributed by atoms with Gasteiger partial charge in [-0.05, 0) is 18.9 Å². The molecule has 0 radical (unpaired) electrons. The number of rotatable bonds is 2. The molecule has 19 heteroatoms. The lowest BCUT2D eigenvalue weighted by Gasteiger charge is -2.26. The zero-order valence-corrected chi connectivity index (χ0v) is 23.3. The molecule has 6 N–H and O–H groups in total. The quantitative estimate of drug-likeness (QED) is 0.152. The van der Waals surface area contributed by atoms with E-state index in [1.54, 1.807) is 16.8 Å². The van der Waals surface area contributed by atoms with Crippen molar-refractivity contribution in [3.63, 3.8) is 0 Å². The van der Waals surface area contributed by atoms with Crippen LogP contribution in [0.25, 0.3) is 22.2 Å². The summed E-state index contributed by atoms with van der Waals surface area (Å²) in [5.41, 5.74) is 5.58. The molecule has 3 saturated heterocycles. The van der Waals surface area contributed by atoms with E-state index in [1.165, 1.54) is 17.2 Å². The van der Waals surface area contributed by atoms with Crippen LogP contribution in [0.15, 0.2) is 29.7 Å². The fraction of sp³-hybridized carbons (Fsp3) is 0.522. The molecule has 1 unspecified atom stereocenters. The minimum absolute atomic E-state index is 0.0384. The molecular formula is C23H26ClN8O9P. The molecule has 7 heterocycles. The van der Waals surface area contributed by atoms with Crippen LogP contribution < -0.4 is 11.3 Å². The van der Waals surface area contributed by atoms with E-state index in [9.17, 15) is 24.5 Å². The van der Waals surface area contributed by atoms with Crippen molar-refractivity contribution in [2.45, 2.75) is 62.2 Å². The van der Waals surface area contributed by atoms with Gasteiger partial charge in [0.15, 0.2) is 23.6 Å². The first-order chi connectivity index (χ1) is 20.1. The highest BCUT2D eigenvalue weighted by Crippen LogP contribution is 2.51. The van der Waals surface area contributed by atoms with Crippen LogP contribution in [0.1, 0.15) is 31.7 Å². The highest BCUT2D eigenvalue weighted by atomic mass is 35.5. The van der Waals surface area contributed by atoms with Gasteiger partial charge in [0.1, 0.15) is 35.4 Å². The minimum Gasteiger partial charge on any atom is -0.388 e. The Kier molecular flexibility index (Phi) is 6.84. The number of aliphatic hydroxyl groups is 2. The van der Waals surface area contributed by atoms with E-state index in [0.29, 0.717) is 30.3 Å². The Bertz CT molecular complexity index is 1760. The molecule has 2 bridgehead atoms. The lowest BCUT2D eigenvalue weighted by Crippen LogP contribution is -2.35. The predicted molar refractivity (Wildman–Crippen MR) is 143 cm³/mol. The first-order valence-electron chi connectivity index (χ1n) is 13.1. The molecule has 4 aromatic rings. The highest BCUT2D eigenvalue weighted by Gasteiger charge is 2.51. The number of aromatic nitrogens is 7. The SMILES string of the molecule is Nc1nc2c(ncn2[C@@H]2O[C@@H]3CCC[C@H]4[C@@H](O)[C@H](n5ccc6c(Cl)ncnc65)O[C@@H]4COP(=O)(O)O[C@@H]2[C@@H]3O)c(=O)[nH]1. The van der Waals surface area contributed by atoms with E-state index in [2.05, 4.69) is 24.9 Å². The summed E-state index contributed by atoms with van der Waals surface area (Å²) >= 11 is 6.18. The number of nitrogens with zero attached hydrogens (tertiary/aromatic N) is 6. The van der Waals surface area contributed by atoms with Gasteiger partial charge in [-0.1, -0.05) is 18.0 Å². The number of nitrogens with one attached hydrogen (secondary N) is 1. The average Bonchev–Trinajstić information content (AvgIpc) is 3.69. The molecule has 3 fully saturated rings. The summed E-state index contributed by atoms with van der Waals surface area (Å²) in [5.74, 6) is -0.679. The monoisotopic (exact) mass is 624 g/mol. The fourth-order valence-corrected chi connectivity index (χ4v) is 7.14. The molecule has 7 rings (SSSR count). The molecule has 0 amide bonds. The van der Waals surface area contributed by atoms with Crippen LogP contribution in [0.4, 0.5) is 5.95 Å². The maximum atomic E-state index is 13.2. The smallest absolute Gasteiger partial charge is 0.388 e. The number of ether oxygens (including phenoxy) is 2. The van der Waals surface area contributed by atoms with Crippen molar-refractivity contribution in [1.82, 2.24) is 34.1 Å². The van der Waals surface area contributed by atoms with Gasteiger partial charge in [-0.3, -0.25) is 23.4 Å². The number of phosphoric acid groups is 1. The second kappa shape index (κ2) is 10.3. The van der Waals surface area contributed by atoms with E-state index < -0.39 is 62.3 Å². The van der Waals surface area contributed by atoms with Gasteiger partial charge in [-0.25, -0.2) is 19.5 Å². The Balaban J connectivity index is 1.17. The highest BCUT2D eigenvalue weighted by molar-refractivity contribution is 7.47. The number of imidazole rings is 1. The number of halogens is 1. The van der Waals surface area contributed by atoms with Crippen LogP contribution in [0.5, 0.6) is 0 Å². The van der Waals surface area contributed by atoms with Crippen molar-refractivity contribution < 1.29 is 38.2 Å². The Hall–Kier alpha value is -2.99. The molecule has 0 spiro atoms. The summed E-state index contributed by atoms with van der Waals surface area (Å²) < 4.78 is 39.2. The van der Waals surface area contributed by atoms with Crippen LogP contribution in [0, 0.1) is 5.92 Å². The second-order valence-corrected chi connectivity index (χ2v) is 12.2. The van der Waals surface area contributed by atoms with Gasteiger partial charge in [0, 0.05) is 12.1 Å². The zero-order valence-electron chi connectivity index (χ0n) is 21.6. The maximum Gasteiger partial charge on any atom is 0.472 e. The molecule has 17 nitrogen and oxygen atoms in total. The van der Waals surface area contributed by atoms with Gasteiger partial charge in [0.2, 0.25) is 5.95 Å². The Morgan fingerprint density at radius 3 is 2.71 bits per heavy atom. The molecule has 4 aromatic heterocycles. The van der Waals surface area contributed by atoms with E-state index in [1.807, 2.05) is 0 Å². The summed E-state index contributed by atoms with van der Waals surface area (Å²) in [7, 11) is -4.83. The summed E-state index contributed by atoms with van der Waals surface area (Å²) in [4.78, 5) is 41.7. The number of H-pyrrole nitrogens is 1. The Labute approximate surface area is 240 Å². The fourth-order valence-electron chi connectivity index (χ4n) is 6.02. The molecular weight excluding hydrogens is 599 g/mol. The van der Waals surface area contributed by atoms with E-state index >= 15 is 0 Å². The van der Waals surface area contributed by atoms with Crippen molar-refractivity contribution in [2.24, 2.45) is 5.92 Å². The number of nitrogens with two attached hydrogens (primary N) is 1. The number of phosphoric ester groups is 1. The molecule has 0 aliphatic carbocycles. The largest absolute Gasteiger partial charge is 0.472 e. The number of aromatic amines is 1. The van der Waals surface area contributed by atoms with Gasteiger partial charge in [0.25, 0.3) is 5.56 Å². The van der Waals surface area contributed by atoms with Crippen molar-refractivity contribution in [3.05, 3.63) is 40.4 Å². The maximum absolute atomic E-state index is 13.2. The van der Waals surface area contributed by atoms with Gasteiger partial charge in [0.05, 0.1) is 30.5 Å². The lowest BCUT2D eigenvalue weighted by atomic mass is 9.91. The topological polar surface area (TPSA) is 235 Å². The first-order valence-corrected chi connectivity index (χ1v) is 15.0. The zero-order chi connectivity index (χ0) is 29.3. The van der Waals surface area contributed by atoms with Crippen molar-refractivity contribution in [2.75, 3.05) is 12.3 Å². The number of nitrogen functional groups attached to an aromatic ring is 1. The summed E-state index contributed by atoms with van der Waals surface area (Å²) in [6.07, 6.45) is -2.00. The number of hydrogen-bond acceptors (Lipinski definition) is 13. The van der Waals surface area contributed by atoms with E-state index in [4.69, 9.17) is 35.9 Å². The molecule has 3 aliphatic rings. The predicted octanol–water partition coefficient (Wildman–Crippen LogP) is 0.619. The van der Waals surface area contributed by atoms with Crippen molar-refractivity contribution in [1.29, 1.82) is 0 Å². The van der Waals surface area contributed by atoms with Crippen molar-refractivity contribution >= 4 is 47.6 Å². The normalized spacial score (nSPS) is 35.7. The van der Waals surface area contributed by atoms with Crippen LogP contribution in [0.2, 0.25) is 5.15 Å².